The van der Waals surface area contributed by atoms with Crippen LogP contribution in [0.4, 0.5) is 9.80 Å². The molecule has 0 saturated carbocycles. The quantitative estimate of drug-likeness (QED) is 0.836. The van der Waals surface area contributed by atoms with Crippen molar-refractivity contribution < 1.29 is 19.1 Å². The zero-order valence-electron chi connectivity index (χ0n) is 14.3. The van der Waals surface area contributed by atoms with E-state index in [1.54, 1.807) is 11.8 Å². The number of rotatable bonds is 2. The van der Waals surface area contributed by atoms with Gasteiger partial charge in [-0.25, -0.2) is 9.59 Å². The second-order valence-electron chi connectivity index (χ2n) is 6.62. The molecule has 2 heterocycles. The third-order valence-corrected chi connectivity index (χ3v) is 4.62. The van der Waals surface area contributed by atoms with Gasteiger partial charge in [0.15, 0.2) is 0 Å². The molecule has 0 radical (unpaired) electrons. The number of ether oxygens (including phenoxy) is 2. The summed E-state index contributed by atoms with van der Waals surface area (Å²) < 4.78 is 10.5. The van der Waals surface area contributed by atoms with Crippen LogP contribution >= 0.6 is 11.3 Å². The molecule has 1 aromatic rings. The highest BCUT2D eigenvalue weighted by atomic mass is 32.1. The molecule has 0 aromatic carbocycles. The average Bonchev–Trinajstić information content (AvgIpc) is 2.71. The van der Waals surface area contributed by atoms with E-state index in [1.165, 1.54) is 11.3 Å². The largest absolute Gasteiger partial charge is 0.462 e. The van der Waals surface area contributed by atoms with Crippen LogP contribution < -0.4 is 5.73 Å². The molecular weight excluding hydrogens is 316 g/mol. The number of nitrogens with zero attached hydrogens (tertiary/aromatic N) is 1. The summed E-state index contributed by atoms with van der Waals surface area (Å²) in [6.45, 7) is 9.93. The van der Waals surface area contributed by atoms with Gasteiger partial charge in [0, 0.05) is 10.9 Å². The molecule has 2 N–H and O–H groups in total. The summed E-state index contributed by atoms with van der Waals surface area (Å²) in [7, 11) is 0. The monoisotopic (exact) mass is 340 g/mol. The van der Waals surface area contributed by atoms with Crippen molar-refractivity contribution in [3.63, 3.8) is 0 Å². The van der Waals surface area contributed by atoms with E-state index in [0.717, 1.165) is 10.4 Å². The average molecular weight is 340 g/mol. The van der Waals surface area contributed by atoms with Gasteiger partial charge >= 0.3 is 12.1 Å². The zero-order chi connectivity index (χ0) is 17.4. The minimum Gasteiger partial charge on any atom is -0.462 e. The Kier molecular flexibility index (Phi) is 4.89. The van der Waals surface area contributed by atoms with E-state index in [2.05, 4.69) is 0 Å². The Morgan fingerprint density at radius 1 is 1.39 bits per heavy atom. The lowest BCUT2D eigenvalue weighted by atomic mass is 9.97. The molecule has 6 nitrogen and oxygen atoms in total. The van der Waals surface area contributed by atoms with Crippen LogP contribution in [0.25, 0.3) is 0 Å². The summed E-state index contributed by atoms with van der Waals surface area (Å²) in [5.41, 5.74) is 6.83. The molecule has 1 amide bonds. The molecule has 1 unspecified atom stereocenters. The number of hydrogen-bond donors (Lipinski definition) is 1. The molecule has 0 fully saturated rings. The summed E-state index contributed by atoms with van der Waals surface area (Å²) in [4.78, 5) is 27.1. The number of esters is 1. The highest BCUT2D eigenvalue weighted by Crippen LogP contribution is 2.37. The first-order valence-electron chi connectivity index (χ1n) is 7.70. The van der Waals surface area contributed by atoms with Gasteiger partial charge in [0.25, 0.3) is 0 Å². The first-order valence-corrected chi connectivity index (χ1v) is 8.52. The van der Waals surface area contributed by atoms with Crippen LogP contribution in [0.2, 0.25) is 0 Å². The molecule has 1 atom stereocenters. The molecule has 0 bridgehead atoms. The van der Waals surface area contributed by atoms with E-state index in [9.17, 15) is 9.59 Å². The molecular formula is C16H24N2O4S. The van der Waals surface area contributed by atoms with Crippen molar-refractivity contribution in [3.8, 4) is 0 Å². The van der Waals surface area contributed by atoms with Crippen LogP contribution in [0.3, 0.4) is 0 Å². The first kappa shape index (κ1) is 17.6. The highest BCUT2D eigenvalue weighted by molar-refractivity contribution is 7.16. The molecule has 1 aromatic heterocycles. The SMILES string of the molecule is CCOC(=O)c1c(N)sc2c1CC(C)N(C(=O)OC(C)(C)C)C2. The second-order valence-corrected chi connectivity index (χ2v) is 7.76. The molecule has 128 valence electrons. The Balaban J connectivity index is 2.26. The van der Waals surface area contributed by atoms with Gasteiger partial charge in [0.2, 0.25) is 0 Å². The highest BCUT2D eigenvalue weighted by Gasteiger charge is 2.35. The van der Waals surface area contributed by atoms with Crippen LogP contribution in [0.1, 0.15) is 55.4 Å². The number of hydrogen-bond acceptors (Lipinski definition) is 6. The van der Waals surface area contributed by atoms with Crippen molar-refractivity contribution in [3.05, 3.63) is 16.0 Å². The predicted octanol–water partition coefficient (Wildman–Crippen LogP) is 3.19. The van der Waals surface area contributed by atoms with Gasteiger partial charge in [-0.1, -0.05) is 0 Å². The Morgan fingerprint density at radius 3 is 2.61 bits per heavy atom. The summed E-state index contributed by atoms with van der Waals surface area (Å²) in [5.74, 6) is -0.389. The van der Waals surface area contributed by atoms with Crippen LogP contribution in [-0.4, -0.2) is 35.2 Å². The molecule has 0 aliphatic carbocycles. The van der Waals surface area contributed by atoms with E-state index < -0.39 is 5.60 Å². The molecule has 0 saturated heterocycles. The van der Waals surface area contributed by atoms with Crippen molar-refractivity contribution in [2.45, 2.75) is 59.2 Å². The Bertz CT molecular complexity index is 618. The fourth-order valence-corrected chi connectivity index (χ4v) is 3.67. The standard InChI is InChI=1S/C16H24N2O4S/c1-6-21-14(19)12-10-7-9(2)18(8-11(10)23-13(12)17)15(20)22-16(3,4)5/h9H,6-8,17H2,1-5H3. The molecule has 1 aliphatic heterocycles. The van der Waals surface area contributed by atoms with Crippen molar-refractivity contribution in [1.29, 1.82) is 0 Å². The Labute approximate surface area is 140 Å². The van der Waals surface area contributed by atoms with E-state index in [0.29, 0.717) is 30.1 Å². The molecule has 23 heavy (non-hydrogen) atoms. The van der Waals surface area contributed by atoms with Crippen LogP contribution in [0, 0.1) is 0 Å². The number of carbonyl (C=O) groups is 2. The molecule has 2 rings (SSSR count). The van der Waals surface area contributed by atoms with E-state index in [-0.39, 0.29) is 18.1 Å². The van der Waals surface area contributed by atoms with Gasteiger partial charge in [-0.2, -0.15) is 0 Å². The fraction of sp³-hybridized carbons (Fsp3) is 0.625. The predicted molar refractivity (Wildman–Crippen MR) is 89.6 cm³/mol. The number of anilines is 1. The lowest BCUT2D eigenvalue weighted by Gasteiger charge is -2.35. The zero-order valence-corrected chi connectivity index (χ0v) is 15.1. The van der Waals surface area contributed by atoms with Gasteiger partial charge < -0.3 is 20.1 Å². The fourth-order valence-electron chi connectivity index (χ4n) is 2.59. The Morgan fingerprint density at radius 2 is 2.04 bits per heavy atom. The Hall–Kier alpha value is -1.76. The molecule has 0 spiro atoms. The van der Waals surface area contributed by atoms with Gasteiger partial charge in [0.05, 0.1) is 18.7 Å². The number of carbonyl (C=O) groups excluding carboxylic acids is 2. The smallest absolute Gasteiger partial charge is 0.410 e. The third-order valence-electron chi connectivity index (χ3n) is 3.57. The topological polar surface area (TPSA) is 81.9 Å². The summed E-state index contributed by atoms with van der Waals surface area (Å²) in [6.07, 6.45) is 0.219. The van der Waals surface area contributed by atoms with Gasteiger partial charge in [-0.3, -0.25) is 0 Å². The first-order chi connectivity index (χ1) is 10.6. The normalized spacial score (nSPS) is 17.6. The van der Waals surface area contributed by atoms with E-state index in [1.807, 2.05) is 27.7 Å². The molecule has 7 heteroatoms. The van der Waals surface area contributed by atoms with E-state index >= 15 is 0 Å². The lowest BCUT2D eigenvalue weighted by molar-refractivity contribution is 0.0141. The number of nitrogen functional groups attached to an aromatic ring is 1. The van der Waals surface area contributed by atoms with Crippen molar-refractivity contribution in [2.75, 3.05) is 12.3 Å². The summed E-state index contributed by atoms with van der Waals surface area (Å²) >= 11 is 1.34. The third kappa shape index (κ3) is 3.77. The minimum absolute atomic E-state index is 0.0699. The second kappa shape index (κ2) is 6.39. The number of nitrogens with two attached hydrogens (primary N) is 1. The maximum Gasteiger partial charge on any atom is 0.410 e. The van der Waals surface area contributed by atoms with Crippen molar-refractivity contribution in [2.24, 2.45) is 0 Å². The summed E-state index contributed by atoms with van der Waals surface area (Å²) in [6, 6.07) is -0.0699. The maximum atomic E-state index is 12.3. The van der Waals surface area contributed by atoms with Crippen LogP contribution in [-0.2, 0) is 22.4 Å². The van der Waals surface area contributed by atoms with Crippen molar-refractivity contribution >= 4 is 28.4 Å². The number of thiophene rings is 1. The van der Waals surface area contributed by atoms with Gasteiger partial charge in [-0.15, -0.1) is 11.3 Å². The maximum absolute atomic E-state index is 12.3. The van der Waals surface area contributed by atoms with Gasteiger partial charge in [0.1, 0.15) is 10.6 Å². The van der Waals surface area contributed by atoms with E-state index in [4.69, 9.17) is 15.2 Å². The number of amides is 1. The van der Waals surface area contributed by atoms with Crippen molar-refractivity contribution in [1.82, 2.24) is 4.90 Å². The van der Waals surface area contributed by atoms with Gasteiger partial charge in [-0.05, 0) is 46.6 Å². The lowest BCUT2D eigenvalue weighted by Crippen LogP contribution is -2.45. The minimum atomic E-state index is -0.540. The van der Waals surface area contributed by atoms with Crippen LogP contribution in [0.5, 0.6) is 0 Å². The number of fused-ring (bicyclic) bond motifs is 1. The summed E-state index contributed by atoms with van der Waals surface area (Å²) in [5, 5.41) is 0.451. The molecule has 1 aliphatic rings. The van der Waals surface area contributed by atoms with Crippen LogP contribution in [0.15, 0.2) is 0 Å².